The zero-order valence-corrected chi connectivity index (χ0v) is 14.1. The molecule has 0 amide bonds. The van der Waals surface area contributed by atoms with Crippen LogP contribution in [-0.2, 0) is 4.79 Å². The maximum absolute atomic E-state index is 11.7. The van der Waals surface area contributed by atoms with Crippen molar-refractivity contribution in [3.63, 3.8) is 0 Å². The van der Waals surface area contributed by atoms with Gasteiger partial charge in [-0.25, -0.2) is 0 Å². The minimum Gasteiger partial charge on any atom is -0.481 e. The molecule has 0 aliphatic heterocycles. The van der Waals surface area contributed by atoms with Crippen LogP contribution in [0, 0.1) is 38.0 Å². The van der Waals surface area contributed by atoms with E-state index in [1.807, 2.05) is 11.6 Å². The van der Waals surface area contributed by atoms with Gasteiger partial charge in [0.15, 0.2) is 0 Å². The summed E-state index contributed by atoms with van der Waals surface area (Å²) in [5.41, 5.74) is 3.51. The van der Waals surface area contributed by atoms with Gasteiger partial charge in [0.1, 0.15) is 0 Å². The molecule has 1 fully saturated rings. The average Bonchev–Trinajstić information content (AvgIpc) is 2.64. The molecule has 0 spiro atoms. The molecule has 0 radical (unpaired) electrons. The van der Waals surface area contributed by atoms with Crippen LogP contribution in [0.25, 0.3) is 0 Å². The van der Waals surface area contributed by atoms with Gasteiger partial charge in [0.2, 0.25) is 0 Å². The van der Waals surface area contributed by atoms with Crippen molar-refractivity contribution in [1.29, 1.82) is 0 Å². The first-order chi connectivity index (χ1) is 9.62. The highest BCUT2D eigenvalue weighted by molar-refractivity contribution is 5.70. The molecule has 118 valence electrons. The summed E-state index contributed by atoms with van der Waals surface area (Å²) in [7, 11) is 0. The monoisotopic (exact) mass is 292 g/mol. The van der Waals surface area contributed by atoms with E-state index >= 15 is 0 Å². The third-order valence-electron chi connectivity index (χ3n) is 5.36. The predicted octanol–water partition coefficient (Wildman–Crippen LogP) is 3.90. The van der Waals surface area contributed by atoms with Crippen LogP contribution in [0.15, 0.2) is 0 Å². The van der Waals surface area contributed by atoms with Gasteiger partial charge in [-0.2, -0.15) is 5.10 Å². The second-order valence-corrected chi connectivity index (χ2v) is 7.63. The van der Waals surface area contributed by atoms with Gasteiger partial charge in [-0.15, -0.1) is 0 Å². The van der Waals surface area contributed by atoms with Gasteiger partial charge in [0.25, 0.3) is 0 Å². The van der Waals surface area contributed by atoms with Crippen molar-refractivity contribution in [2.75, 3.05) is 0 Å². The topological polar surface area (TPSA) is 55.1 Å². The Balaban J connectivity index is 2.38. The third kappa shape index (κ3) is 2.99. The van der Waals surface area contributed by atoms with Crippen LogP contribution in [0.3, 0.4) is 0 Å². The number of rotatable bonds is 2. The number of aryl methyl sites for hydroxylation is 1. The number of hydrogen-bond acceptors (Lipinski definition) is 2. The van der Waals surface area contributed by atoms with Crippen molar-refractivity contribution in [1.82, 2.24) is 9.78 Å². The molecule has 0 saturated heterocycles. The zero-order chi connectivity index (χ0) is 15.9. The van der Waals surface area contributed by atoms with Crippen LogP contribution in [-0.4, -0.2) is 20.9 Å². The molecule has 1 aromatic rings. The summed E-state index contributed by atoms with van der Waals surface area (Å²) in [5, 5.41) is 14.2. The normalized spacial score (nSPS) is 26.9. The van der Waals surface area contributed by atoms with Crippen molar-refractivity contribution in [2.24, 2.45) is 17.3 Å². The molecule has 0 aromatic carbocycles. The molecule has 4 nitrogen and oxygen atoms in total. The van der Waals surface area contributed by atoms with Crippen LogP contribution >= 0.6 is 0 Å². The molecular weight excluding hydrogens is 264 g/mol. The number of hydrogen-bond donors (Lipinski definition) is 1. The summed E-state index contributed by atoms with van der Waals surface area (Å²) in [4.78, 5) is 11.7. The number of carboxylic acids is 1. The number of aromatic nitrogens is 2. The Kier molecular flexibility index (Phi) is 4.18. The van der Waals surface area contributed by atoms with E-state index in [0.29, 0.717) is 5.92 Å². The van der Waals surface area contributed by atoms with Gasteiger partial charge < -0.3 is 5.11 Å². The molecule has 21 heavy (non-hydrogen) atoms. The molecule has 3 atom stereocenters. The summed E-state index contributed by atoms with van der Waals surface area (Å²) in [6, 6.07) is -0.0205. The maximum atomic E-state index is 11.7. The van der Waals surface area contributed by atoms with Crippen molar-refractivity contribution >= 4 is 5.97 Å². The highest BCUT2D eigenvalue weighted by Crippen LogP contribution is 2.45. The van der Waals surface area contributed by atoms with Crippen molar-refractivity contribution in [2.45, 2.75) is 66.8 Å². The van der Waals surface area contributed by atoms with E-state index in [9.17, 15) is 9.90 Å². The molecule has 1 aliphatic carbocycles. The van der Waals surface area contributed by atoms with Gasteiger partial charge in [-0.3, -0.25) is 9.48 Å². The Morgan fingerprint density at radius 1 is 1.24 bits per heavy atom. The molecule has 3 unspecified atom stereocenters. The van der Waals surface area contributed by atoms with E-state index in [0.717, 1.165) is 30.7 Å². The molecule has 0 bridgehead atoms. The summed E-state index contributed by atoms with van der Waals surface area (Å²) >= 11 is 0. The van der Waals surface area contributed by atoms with Gasteiger partial charge >= 0.3 is 5.97 Å². The lowest BCUT2D eigenvalue weighted by Gasteiger charge is -2.40. The number of nitrogens with zero attached hydrogens (tertiary/aromatic N) is 2. The van der Waals surface area contributed by atoms with Gasteiger partial charge in [-0.05, 0) is 56.9 Å². The molecule has 1 N–H and O–H groups in total. The van der Waals surface area contributed by atoms with Crippen molar-refractivity contribution in [3.8, 4) is 0 Å². The van der Waals surface area contributed by atoms with Crippen LogP contribution in [0.4, 0.5) is 0 Å². The van der Waals surface area contributed by atoms with Crippen LogP contribution in [0.5, 0.6) is 0 Å². The molecule has 1 saturated carbocycles. The Morgan fingerprint density at radius 3 is 2.29 bits per heavy atom. The minimum absolute atomic E-state index is 0.0205. The summed E-state index contributed by atoms with van der Waals surface area (Å²) < 4.78 is 1.99. The standard InChI is InChI=1S/C17H28N2O2/c1-10-11(2)18-19(12(10)3)15-9-13(17(4,5)6)7-8-14(15)16(20)21/h13-15H,7-9H2,1-6H3,(H,20,21). The van der Waals surface area contributed by atoms with Gasteiger partial charge in [0, 0.05) is 5.69 Å². The average molecular weight is 292 g/mol. The smallest absolute Gasteiger partial charge is 0.308 e. The Morgan fingerprint density at radius 2 is 1.86 bits per heavy atom. The van der Waals surface area contributed by atoms with E-state index < -0.39 is 5.97 Å². The molecule has 2 rings (SSSR count). The van der Waals surface area contributed by atoms with E-state index in [2.05, 4.69) is 39.7 Å². The van der Waals surface area contributed by atoms with Crippen LogP contribution in [0.1, 0.15) is 63.0 Å². The van der Waals surface area contributed by atoms with E-state index in [4.69, 9.17) is 0 Å². The molecule has 1 heterocycles. The Bertz CT molecular complexity index is 540. The summed E-state index contributed by atoms with van der Waals surface area (Å²) in [6.07, 6.45) is 2.65. The lowest BCUT2D eigenvalue weighted by molar-refractivity contribution is -0.145. The highest BCUT2D eigenvalue weighted by Gasteiger charge is 2.41. The maximum Gasteiger partial charge on any atom is 0.308 e. The predicted molar refractivity (Wildman–Crippen MR) is 83.4 cm³/mol. The largest absolute Gasteiger partial charge is 0.481 e. The minimum atomic E-state index is -0.683. The van der Waals surface area contributed by atoms with E-state index in [1.165, 1.54) is 5.56 Å². The molecular formula is C17H28N2O2. The summed E-state index contributed by atoms with van der Waals surface area (Å²) in [5.74, 6) is -0.458. The lowest BCUT2D eigenvalue weighted by atomic mass is 9.68. The fraction of sp³-hybridized carbons (Fsp3) is 0.765. The Hall–Kier alpha value is -1.32. The quantitative estimate of drug-likeness (QED) is 0.899. The fourth-order valence-corrected chi connectivity index (χ4v) is 3.56. The van der Waals surface area contributed by atoms with Gasteiger partial charge in [0.05, 0.1) is 17.7 Å². The first-order valence-electron chi connectivity index (χ1n) is 7.88. The SMILES string of the molecule is Cc1nn(C2CC(C(C)(C)C)CCC2C(=O)O)c(C)c1C. The second-order valence-electron chi connectivity index (χ2n) is 7.63. The fourth-order valence-electron chi connectivity index (χ4n) is 3.56. The van der Waals surface area contributed by atoms with Gasteiger partial charge in [-0.1, -0.05) is 20.8 Å². The van der Waals surface area contributed by atoms with E-state index in [-0.39, 0.29) is 17.4 Å². The van der Waals surface area contributed by atoms with Crippen molar-refractivity contribution in [3.05, 3.63) is 17.0 Å². The lowest BCUT2D eigenvalue weighted by Crippen LogP contribution is -2.37. The number of carbonyl (C=O) groups is 1. The van der Waals surface area contributed by atoms with Crippen LogP contribution < -0.4 is 0 Å². The second kappa shape index (κ2) is 5.47. The molecule has 1 aromatic heterocycles. The van der Waals surface area contributed by atoms with Crippen molar-refractivity contribution < 1.29 is 9.90 Å². The first-order valence-corrected chi connectivity index (χ1v) is 7.88. The number of aliphatic carboxylic acids is 1. The molecule has 1 aliphatic rings. The summed E-state index contributed by atoms with van der Waals surface area (Å²) in [6.45, 7) is 12.9. The number of carboxylic acid groups (broad SMARTS) is 1. The Labute approximate surface area is 127 Å². The zero-order valence-electron chi connectivity index (χ0n) is 14.1. The first kappa shape index (κ1) is 16.1. The van der Waals surface area contributed by atoms with Crippen LogP contribution in [0.2, 0.25) is 0 Å². The third-order valence-corrected chi connectivity index (χ3v) is 5.36. The van der Waals surface area contributed by atoms with E-state index in [1.54, 1.807) is 0 Å². The highest BCUT2D eigenvalue weighted by atomic mass is 16.4. The molecule has 4 heteroatoms.